The number of nitriles is 3. The van der Waals surface area contributed by atoms with E-state index in [0.29, 0.717) is 5.92 Å². The van der Waals surface area contributed by atoms with Gasteiger partial charge in [-0.2, -0.15) is 15.8 Å². The predicted molar refractivity (Wildman–Crippen MR) is 78.7 cm³/mol. The zero-order valence-electron chi connectivity index (χ0n) is 11.9. The van der Waals surface area contributed by atoms with Crippen LogP contribution in [0.15, 0.2) is 30.3 Å². The summed E-state index contributed by atoms with van der Waals surface area (Å²) in [6.45, 7) is 0.413. The smallest absolute Gasteiger partial charge is 0.0877 e. The highest BCUT2D eigenvalue weighted by Gasteiger charge is 2.34. The highest BCUT2D eigenvalue weighted by Crippen LogP contribution is 2.37. The summed E-state index contributed by atoms with van der Waals surface area (Å²) in [5, 5.41) is 27.3. The molecule has 1 aromatic rings. The lowest BCUT2D eigenvalue weighted by Crippen LogP contribution is -2.44. The molecule has 1 fully saturated rings. The first-order chi connectivity index (χ1) is 10.3. The summed E-state index contributed by atoms with van der Waals surface area (Å²) < 4.78 is 0. The van der Waals surface area contributed by atoms with E-state index in [-0.39, 0.29) is 25.0 Å². The molecule has 3 atom stereocenters. The minimum Gasteiger partial charge on any atom is -0.273 e. The van der Waals surface area contributed by atoms with Gasteiger partial charge in [0, 0.05) is 6.04 Å². The molecule has 4 nitrogen and oxygen atoms in total. The van der Waals surface area contributed by atoms with Gasteiger partial charge in [0.1, 0.15) is 0 Å². The van der Waals surface area contributed by atoms with Crippen LogP contribution in [0.5, 0.6) is 0 Å². The van der Waals surface area contributed by atoms with Crippen LogP contribution in [-0.4, -0.2) is 24.0 Å². The fraction of sp³-hybridized carbons (Fsp3) is 0.471. The van der Waals surface area contributed by atoms with Crippen molar-refractivity contribution >= 4 is 0 Å². The van der Waals surface area contributed by atoms with Gasteiger partial charge in [-0.15, -0.1) is 0 Å². The molecule has 4 heteroatoms. The second-order valence-electron chi connectivity index (χ2n) is 5.44. The molecule has 3 unspecified atom stereocenters. The lowest BCUT2D eigenvalue weighted by molar-refractivity contribution is 0.146. The largest absolute Gasteiger partial charge is 0.273 e. The summed E-state index contributed by atoms with van der Waals surface area (Å²) >= 11 is 0. The highest BCUT2D eigenvalue weighted by atomic mass is 15.2. The number of benzene rings is 1. The molecule has 0 aromatic heterocycles. The quantitative estimate of drug-likeness (QED) is 0.794. The molecule has 1 aromatic carbocycles. The van der Waals surface area contributed by atoms with Gasteiger partial charge in [0.15, 0.2) is 0 Å². The van der Waals surface area contributed by atoms with Crippen molar-refractivity contribution in [1.29, 1.82) is 15.8 Å². The first kappa shape index (κ1) is 15.0. The van der Waals surface area contributed by atoms with Gasteiger partial charge in [-0.05, 0) is 30.7 Å². The van der Waals surface area contributed by atoms with Crippen molar-refractivity contribution in [2.45, 2.75) is 31.2 Å². The molecule has 2 rings (SSSR count). The lowest BCUT2D eigenvalue weighted by atomic mass is 9.75. The second-order valence-corrected chi connectivity index (χ2v) is 5.44. The Bertz CT molecular complexity index is 560. The lowest BCUT2D eigenvalue weighted by Gasteiger charge is -2.38. The van der Waals surface area contributed by atoms with Crippen molar-refractivity contribution in [3.8, 4) is 18.2 Å². The van der Waals surface area contributed by atoms with E-state index >= 15 is 0 Å². The first-order valence-electron chi connectivity index (χ1n) is 7.22. The first-order valence-corrected chi connectivity index (χ1v) is 7.22. The molecule has 0 N–H and O–H groups in total. The molecular formula is C17H18N4. The van der Waals surface area contributed by atoms with E-state index in [2.05, 4.69) is 30.3 Å². The maximum atomic E-state index is 9.36. The van der Waals surface area contributed by atoms with Crippen LogP contribution >= 0.6 is 0 Å². The average Bonchev–Trinajstić information content (AvgIpc) is 2.55. The Morgan fingerprint density at radius 3 is 2.24 bits per heavy atom. The van der Waals surface area contributed by atoms with Gasteiger partial charge in [-0.3, -0.25) is 4.90 Å². The van der Waals surface area contributed by atoms with E-state index in [0.717, 1.165) is 19.3 Å². The number of rotatable bonds is 4. The molecule has 1 aliphatic rings. The Kier molecular flexibility index (Phi) is 5.33. The molecule has 1 saturated carbocycles. The molecule has 0 spiro atoms. The van der Waals surface area contributed by atoms with Crippen LogP contribution in [-0.2, 0) is 0 Å². The molecule has 21 heavy (non-hydrogen) atoms. The SMILES string of the molecule is N#CCN(CC#N)C1CC(c2ccccc2)CCC1C#N. The van der Waals surface area contributed by atoms with E-state index in [1.54, 1.807) is 0 Å². The summed E-state index contributed by atoms with van der Waals surface area (Å²) in [7, 11) is 0. The molecule has 0 heterocycles. The molecule has 0 amide bonds. The Balaban J connectivity index is 2.18. The summed E-state index contributed by atoms with van der Waals surface area (Å²) in [6, 6.07) is 16.9. The monoisotopic (exact) mass is 278 g/mol. The van der Waals surface area contributed by atoms with E-state index in [9.17, 15) is 5.26 Å². The van der Waals surface area contributed by atoms with E-state index in [4.69, 9.17) is 10.5 Å². The van der Waals surface area contributed by atoms with Crippen LogP contribution in [0.3, 0.4) is 0 Å². The van der Waals surface area contributed by atoms with Crippen molar-refractivity contribution in [2.24, 2.45) is 5.92 Å². The third kappa shape index (κ3) is 3.60. The standard InChI is InChI=1S/C17H18N4/c18-8-10-21(11-9-19)17-12-15(6-7-16(17)13-20)14-4-2-1-3-5-14/h1-5,15-17H,6-7,10-12H2. The van der Waals surface area contributed by atoms with E-state index in [1.807, 2.05) is 23.1 Å². The highest BCUT2D eigenvalue weighted by molar-refractivity contribution is 5.21. The van der Waals surface area contributed by atoms with Gasteiger partial charge < -0.3 is 0 Å². The number of hydrogen-bond donors (Lipinski definition) is 0. The molecule has 0 aliphatic heterocycles. The minimum absolute atomic E-state index is 0.00624. The number of nitrogens with zero attached hydrogens (tertiary/aromatic N) is 4. The zero-order chi connectivity index (χ0) is 15.1. The fourth-order valence-electron chi connectivity index (χ4n) is 3.20. The number of hydrogen-bond acceptors (Lipinski definition) is 4. The van der Waals surface area contributed by atoms with Gasteiger partial charge in [-0.25, -0.2) is 0 Å². The van der Waals surface area contributed by atoms with Crippen LogP contribution in [0.4, 0.5) is 0 Å². The summed E-state index contributed by atoms with van der Waals surface area (Å²) in [5.41, 5.74) is 1.28. The van der Waals surface area contributed by atoms with Crippen LogP contribution in [0, 0.1) is 39.9 Å². The van der Waals surface area contributed by atoms with Crippen molar-refractivity contribution < 1.29 is 0 Å². The Morgan fingerprint density at radius 2 is 1.67 bits per heavy atom. The average molecular weight is 278 g/mol. The third-order valence-corrected chi connectivity index (χ3v) is 4.27. The minimum atomic E-state index is -0.0911. The van der Waals surface area contributed by atoms with Crippen LogP contribution in [0.25, 0.3) is 0 Å². The fourth-order valence-corrected chi connectivity index (χ4v) is 3.20. The molecule has 0 radical (unpaired) electrons. The Hall–Kier alpha value is -2.35. The normalized spacial score (nSPS) is 24.8. The predicted octanol–water partition coefficient (Wildman–Crippen LogP) is 2.81. The third-order valence-electron chi connectivity index (χ3n) is 4.27. The zero-order valence-corrected chi connectivity index (χ0v) is 11.9. The molecule has 0 bridgehead atoms. The van der Waals surface area contributed by atoms with Crippen molar-refractivity contribution in [2.75, 3.05) is 13.1 Å². The van der Waals surface area contributed by atoms with Crippen molar-refractivity contribution in [3.63, 3.8) is 0 Å². The van der Waals surface area contributed by atoms with E-state index in [1.165, 1.54) is 5.56 Å². The van der Waals surface area contributed by atoms with Gasteiger partial charge in [-0.1, -0.05) is 30.3 Å². The van der Waals surface area contributed by atoms with Gasteiger partial charge in [0.25, 0.3) is 0 Å². The summed E-state index contributed by atoms with van der Waals surface area (Å²) in [5.74, 6) is 0.312. The molecule has 1 aliphatic carbocycles. The Morgan fingerprint density at radius 1 is 1.00 bits per heavy atom. The van der Waals surface area contributed by atoms with Gasteiger partial charge >= 0.3 is 0 Å². The van der Waals surface area contributed by atoms with Crippen LogP contribution in [0.2, 0.25) is 0 Å². The topological polar surface area (TPSA) is 74.6 Å². The van der Waals surface area contributed by atoms with Crippen molar-refractivity contribution in [3.05, 3.63) is 35.9 Å². The maximum absolute atomic E-state index is 9.36. The van der Waals surface area contributed by atoms with Crippen molar-refractivity contribution in [1.82, 2.24) is 4.90 Å². The van der Waals surface area contributed by atoms with Gasteiger partial charge in [0.05, 0.1) is 37.2 Å². The van der Waals surface area contributed by atoms with Crippen LogP contribution in [0.1, 0.15) is 30.7 Å². The van der Waals surface area contributed by atoms with Crippen LogP contribution < -0.4 is 0 Å². The molecule has 0 saturated heterocycles. The van der Waals surface area contributed by atoms with E-state index < -0.39 is 0 Å². The molecule has 106 valence electrons. The second kappa shape index (κ2) is 7.44. The maximum Gasteiger partial charge on any atom is 0.0877 e. The molecular weight excluding hydrogens is 260 g/mol. The van der Waals surface area contributed by atoms with Gasteiger partial charge in [0.2, 0.25) is 0 Å². The summed E-state index contributed by atoms with van der Waals surface area (Å²) in [4.78, 5) is 1.85. The summed E-state index contributed by atoms with van der Waals surface area (Å²) in [6.07, 6.45) is 2.66. The Labute approximate surface area is 125 Å².